The van der Waals surface area contributed by atoms with E-state index in [4.69, 9.17) is 16.6 Å². The summed E-state index contributed by atoms with van der Waals surface area (Å²) in [6.07, 6.45) is 4.19. The smallest absolute Gasteiger partial charge is 0.304 e. The number of carboxylic acids is 1. The number of carbonyl (C=O) groups is 3. The van der Waals surface area contributed by atoms with E-state index in [1.54, 1.807) is 24.2 Å². The van der Waals surface area contributed by atoms with Crippen LogP contribution in [0, 0.1) is 5.92 Å². The number of benzene rings is 2. The molecule has 10 heteroatoms. The van der Waals surface area contributed by atoms with Crippen LogP contribution in [0.25, 0.3) is 22.4 Å². The van der Waals surface area contributed by atoms with Crippen molar-refractivity contribution in [2.75, 3.05) is 23.4 Å². The maximum atomic E-state index is 13.4. The fourth-order valence-corrected chi connectivity index (χ4v) is 5.97. The Morgan fingerprint density at radius 2 is 1.90 bits per heavy atom. The number of piperidine rings is 1. The van der Waals surface area contributed by atoms with Gasteiger partial charge >= 0.3 is 5.97 Å². The number of pyridine rings is 1. The second kappa shape index (κ2) is 12.6. The van der Waals surface area contributed by atoms with Crippen LogP contribution in [-0.4, -0.2) is 46.5 Å². The summed E-state index contributed by atoms with van der Waals surface area (Å²) >= 11 is 7.68. The van der Waals surface area contributed by atoms with Gasteiger partial charge in [0, 0.05) is 47.7 Å². The number of anilines is 2. The number of amides is 2. The van der Waals surface area contributed by atoms with Crippen LogP contribution < -0.4 is 9.80 Å². The number of nitrogens with zero attached hydrogens (tertiary/aromatic N) is 4. The molecule has 0 radical (unpaired) electrons. The molecule has 5 rings (SSSR count). The number of halogens is 1. The van der Waals surface area contributed by atoms with Crippen LogP contribution in [0.3, 0.4) is 0 Å². The SMILES string of the molecule is CN(C(=O)C(CC(=O)O)Cc1ccccc1)c1nc(-c2cc(Cl)ccc2-c2ccc(N3CCCCC3=O)nc2)cs1. The van der Waals surface area contributed by atoms with Gasteiger partial charge in [0.1, 0.15) is 5.82 Å². The lowest BCUT2D eigenvalue weighted by Crippen LogP contribution is -2.35. The zero-order valence-corrected chi connectivity index (χ0v) is 24.1. The molecule has 1 aliphatic heterocycles. The van der Waals surface area contributed by atoms with E-state index in [2.05, 4.69) is 4.98 Å². The number of carboxylic acid groups (broad SMARTS) is 1. The van der Waals surface area contributed by atoms with Crippen LogP contribution in [0.1, 0.15) is 31.2 Å². The molecule has 2 aromatic heterocycles. The van der Waals surface area contributed by atoms with Gasteiger partial charge in [0.25, 0.3) is 0 Å². The summed E-state index contributed by atoms with van der Waals surface area (Å²) in [7, 11) is 1.62. The van der Waals surface area contributed by atoms with E-state index in [-0.39, 0.29) is 18.2 Å². The van der Waals surface area contributed by atoms with Gasteiger partial charge in [-0.1, -0.05) is 48.0 Å². The molecular formula is C31H29ClN4O4S. The van der Waals surface area contributed by atoms with Crippen molar-refractivity contribution in [3.05, 3.63) is 82.8 Å². The maximum Gasteiger partial charge on any atom is 0.304 e. The highest BCUT2D eigenvalue weighted by Crippen LogP contribution is 2.37. The summed E-state index contributed by atoms with van der Waals surface area (Å²) in [6.45, 7) is 0.671. The van der Waals surface area contributed by atoms with Crippen molar-refractivity contribution in [1.29, 1.82) is 0 Å². The molecule has 0 bridgehead atoms. The topological polar surface area (TPSA) is 104 Å². The number of hydrogen-bond acceptors (Lipinski definition) is 6. The number of hydrogen-bond donors (Lipinski definition) is 1. The molecule has 2 aromatic carbocycles. The highest BCUT2D eigenvalue weighted by molar-refractivity contribution is 7.14. The van der Waals surface area contributed by atoms with Crippen LogP contribution in [-0.2, 0) is 20.8 Å². The van der Waals surface area contributed by atoms with Gasteiger partial charge in [-0.15, -0.1) is 11.3 Å². The van der Waals surface area contributed by atoms with Crippen LogP contribution in [0.15, 0.2) is 72.2 Å². The summed E-state index contributed by atoms with van der Waals surface area (Å²) in [5.74, 6) is -1.34. The fourth-order valence-electron chi connectivity index (χ4n) is 5.00. The Morgan fingerprint density at radius 3 is 2.61 bits per heavy atom. The zero-order chi connectivity index (χ0) is 28.9. The van der Waals surface area contributed by atoms with Crippen molar-refractivity contribution < 1.29 is 19.5 Å². The van der Waals surface area contributed by atoms with E-state index < -0.39 is 11.9 Å². The molecule has 1 aliphatic rings. The molecule has 1 unspecified atom stereocenters. The first kappa shape index (κ1) is 28.4. The summed E-state index contributed by atoms with van der Waals surface area (Å²) < 4.78 is 0. The average molecular weight is 589 g/mol. The Balaban J connectivity index is 1.40. The molecular weight excluding hydrogens is 560 g/mol. The van der Waals surface area contributed by atoms with Gasteiger partial charge in [-0.2, -0.15) is 0 Å². The Bertz CT molecular complexity index is 1560. The van der Waals surface area contributed by atoms with E-state index >= 15 is 0 Å². The predicted molar refractivity (Wildman–Crippen MR) is 161 cm³/mol. The Hall–Kier alpha value is -4.08. The predicted octanol–water partition coefficient (Wildman–Crippen LogP) is 6.34. The minimum Gasteiger partial charge on any atom is -0.481 e. The molecule has 0 aliphatic carbocycles. The summed E-state index contributed by atoms with van der Waals surface area (Å²) in [4.78, 5) is 49.8. The average Bonchev–Trinajstić information content (AvgIpc) is 3.47. The van der Waals surface area contributed by atoms with Crippen molar-refractivity contribution >= 4 is 51.7 Å². The first-order valence-corrected chi connectivity index (χ1v) is 14.6. The third-order valence-corrected chi connectivity index (χ3v) is 8.27. The Kier molecular flexibility index (Phi) is 8.75. The number of aliphatic carboxylic acids is 1. The minimum absolute atomic E-state index is 0.0895. The highest BCUT2D eigenvalue weighted by Gasteiger charge is 2.28. The van der Waals surface area contributed by atoms with Crippen LogP contribution in [0.2, 0.25) is 5.02 Å². The molecule has 41 heavy (non-hydrogen) atoms. The minimum atomic E-state index is -1.03. The lowest BCUT2D eigenvalue weighted by atomic mass is 9.95. The highest BCUT2D eigenvalue weighted by atomic mass is 35.5. The number of rotatable bonds is 9. The van der Waals surface area contributed by atoms with Crippen molar-refractivity contribution in [2.24, 2.45) is 5.92 Å². The Labute approximate surface area is 247 Å². The first-order valence-electron chi connectivity index (χ1n) is 13.4. The van der Waals surface area contributed by atoms with Gasteiger partial charge in [-0.05, 0) is 54.7 Å². The molecule has 1 saturated heterocycles. The van der Waals surface area contributed by atoms with Crippen LogP contribution >= 0.6 is 22.9 Å². The van der Waals surface area contributed by atoms with Gasteiger partial charge in [-0.25, -0.2) is 9.97 Å². The van der Waals surface area contributed by atoms with Crippen LogP contribution in [0.5, 0.6) is 0 Å². The monoisotopic (exact) mass is 588 g/mol. The van der Waals surface area contributed by atoms with Gasteiger partial charge < -0.3 is 5.11 Å². The molecule has 4 aromatic rings. The second-order valence-electron chi connectivity index (χ2n) is 9.99. The number of aromatic nitrogens is 2. The van der Waals surface area contributed by atoms with Gasteiger partial charge in [-0.3, -0.25) is 24.2 Å². The molecule has 0 saturated carbocycles. The molecule has 0 spiro atoms. The lowest BCUT2D eigenvalue weighted by Gasteiger charge is -2.25. The van der Waals surface area contributed by atoms with Crippen molar-refractivity contribution in [3.63, 3.8) is 0 Å². The number of carbonyl (C=O) groups excluding carboxylic acids is 2. The molecule has 210 valence electrons. The summed E-state index contributed by atoms with van der Waals surface area (Å²) in [5.41, 5.74) is 4.00. The third-order valence-electron chi connectivity index (χ3n) is 7.12. The van der Waals surface area contributed by atoms with Crippen molar-refractivity contribution in [2.45, 2.75) is 32.1 Å². The number of thiazole rings is 1. The lowest BCUT2D eigenvalue weighted by molar-refractivity contribution is -0.140. The largest absolute Gasteiger partial charge is 0.481 e. The Morgan fingerprint density at radius 1 is 1.10 bits per heavy atom. The van der Waals surface area contributed by atoms with E-state index in [1.165, 1.54) is 16.2 Å². The molecule has 3 heterocycles. The van der Waals surface area contributed by atoms with Crippen molar-refractivity contribution in [3.8, 4) is 22.4 Å². The standard InChI is InChI=1S/C31H29ClN4O4S/c1-35(30(40)22(16-29(38)39)15-20-7-3-2-4-8-20)31-34-26(19-41-31)25-17-23(32)11-12-24(25)21-10-13-27(33-18-21)36-14-6-5-9-28(36)37/h2-4,7-8,10-13,17-19,22H,5-6,9,14-16H2,1H3,(H,38,39). The maximum absolute atomic E-state index is 13.4. The van der Waals surface area contributed by atoms with Gasteiger partial charge in [0.15, 0.2) is 5.13 Å². The van der Waals surface area contributed by atoms with Crippen LogP contribution in [0.4, 0.5) is 10.9 Å². The third kappa shape index (κ3) is 6.64. The van der Waals surface area contributed by atoms with Gasteiger partial charge in [0.2, 0.25) is 11.8 Å². The zero-order valence-electron chi connectivity index (χ0n) is 22.5. The normalized spacial score (nSPS) is 14.1. The summed E-state index contributed by atoms with van der Waals surface area (Å²) in [5, 5.41) is 12.3. The van der Waals surface area contributed by atoms with E-state index in [1.807, 2.05) is 60.0 Å². The van der Waals surface area contributed by atoms with E-state index in [0.29, 0.717) is 41.1 Å². The molecule has 8 nitrogen and oxygen atoms in total. The van der Waals surface area contributed by atoms with E-state index in [0.717, 1.165) is 35.1 Å². The second-order valence-corrected chi connectivity index (χ2v) is 11.3. The molecule has 1 atom stereocenters. The van der Waals surface area contributed by atoms with Crippen molar-refractivity contribution in [1.82, 2.24) is 9.97 Å². The van der Waals surface area contributed by atoms with E-state index in [9.17, 15) is 19.5 Å². The quantitative estimate of drug-likeness (QED) is 0.245. The van der Waals surface area contributed by atoms with Gasteiger partial charge in [0.05, 0.1) is 18.0 Å². The summed E-state index contributed by atoms with van der Waals surface area (Å²) in [6, 6.07) is 18.7. The molecule has 2 amide bonds. The first-order chi connectivity index (χ1) is 19.8. The molecule has 1 fully saturated rings. The fraction of sp³-hybridized carbons (Fsp3) is 0.258. The molecule has 1 N–H and O–H groups in total.